The fourth-order valence-corrected chi connectivity index (χ4v) is 2.42. The number of halogens is 1. The van der Waals surface area contributed by atoms with Gasteiger partial charge in [0.2, 0.25) is 5.91 Å². The molecule has 0 spiro atoms. The van der Waals surface area contributed by atoms with Gasteiger partial charge in [-0.2, -0.15) is 0 Å². The number of hydrogen-bond acceptors (Lipinski definition) is 2. The van der Waals surface area contributed by atoms with Crippen LogP contribution in [0.2, 0.25) is 0 Å². The highest BCUT2D eigenvalue weighted by atomic mass is 19.1. The fraction of sp³-hybridized carbons (Fsp3) is 0.533. The Morgan fingerprint density at radius 1 is 1.42 bits per heavy atom. The van der Waals surface area contributed by atoms with Crippen molar-refractivity contribution in [1.82, 2.24) is 10.6 Å². The maximum absolute atomic E-state index is 12.8. The van der Waals surface area contributed by atoms with Crippen molar-refractivity contribution < 1.29 is 9.18 Å². The maximum Gasteiger partial charge on any atom is 0.220 e. The first-order chi connectivity index (χ1) is 9.15. The van der Waals surface area contributed by atoms with E-state index in [1.807, 2.05) is 0 Å². The number of rotatable bonds is 4. The van der Waals surface area contributed by atoms with Gasteiger partial charge in [0, 0.05) is 12.5 Å². The van der Waals surface area contributed by atoms with E-state index in [-0.39, 0.29) is 17.8 Å². The molecule has 0 saturated carbocycles. The molecular weight excluding hydrogens is 243 g/mol. The molecule has 104 valence electrons. The molecule has 0 aliphatic carbocycles. The molecule has 2 atom stereocenters. The monoisotopic (exact) mass is 264 g/mol. The van der Waals surface area contributed by atoms with E-state index in [2.05, 4.69) is 17.6 Å². The second-order valence-electron chi connectivity index (χ2n) is 5.27. The molecule has 1 aliphatic rings. The van der Waals surface area contributed by atoms with E-state index in [1.54, 1.807) is 12.1 Å². The van der Waals surface area contributed by atoms with Gasteiger partial charge in [-0.15, -0.1) is 0 Å². The van der Waals surface area contributed by atoms with Crippen LogP contribution in [0.5, 0.6) is 0 Å². The molecule has 1 aliphatic heterocycles. The summed E-state index contributed by atoms with van der Waals surface area (Å²) in [4.78, 5) is 11.9. The van der Waals surface area contributed by atoms with Gasteiger partial charge in [0.15, 0.2) is 0 Å². The van der Waals surface area contributed by atoms with Crippen LogP contribution in [0, 0.1) is 11.7 Å². The van der Waals surface area contributed by atoms with E-state index in [9.17, 15) is 9.18 Å². The zero-order valence-corrected chi connectivity index (χ0v) is 11.3. The van der Waals surface area contributed by atoms with Crippen LogP contribution in [0.3, 0.4) is 0 Å². The second kappa shape index (κ2) is 6.66. The Morgan fingerprint density at radius 3 is 2.84 bits per heavy atom. The summed E-state index contributed by atoms with van der Waals surface area (Å²) in [5.41, 5.74) is 0.995. The summed E-state index contributed by atoms with van der Waals surface area (Å²) in [6.07, 6.45) is 2.11. The first-order valence-electron chi connectivity index (χ1n) is 6.89. The van der Waals surface area contributed by atoms with Crippen LogP contribution < -0.4 is 10.6 Å². The van der Waals surface area contributed by atoms with Gasteiger partial charge in [0.1, 0.15) is 5.82 Å². The van der Waals surface area contributed by atoms with E-state index in [0.29, 0.717) is 18.8 Å². The van der Waals surface area contributed by atoms with Gasteiger partial charge in [0.05, 0.1) is 0 Å². The normalized spacial score (nSPS) is 23.1. The number of benzene rings is 1. The predicted molar refractivity (Wildman–Crippen MR) is 73.3 cm³/mol. The van der Waals surface area contributed by atoms with Crippen LogP contribution in [0.15, 0.2) is 24.3 Å². The minimum Gasteiger partial charge on any atom is -0.353 e. The van der Waals surface area contributed by atoms with Gasteiger partial charge >= 0.3 is 0 Å². The number of amides is 1. The zero-order valence-electron chi connectivity index (χ0n) is 11.3. The Hall–Kier alpha value is -1.42. The van der Waals surface area contributed by atoms with Crippen LogP contribution in [-0.2, 0) is 11.2 Å². The Bertz CT molecular complexity index is 419. The lowest BCUT2D eigenvalue weighted by Gasteiger charge is -2.30. The number of nitrogens with one attached hydrogen (secondary N) is 2. The summed E-state index contributed by atoms with van der Waals surface area (Å²) in [6, 6.07) is 6.61. The molecule has 2 unspecified atom stereocenters. The number of hydrogen-bond donors (Lipinski definition) is 2. The Balaban J connectivity index is 1.76. The molecule has 1 amide bonds. The van der Waals surface area contributed by atoms with Crippen LogP contribution in [-0.4, -0.2) is 25.0 Å². The lowest BCUT2D eigenvalue weighted by atomic mass is 9.95. The summed E-state index contributed by atoms with van der Waals surface area (Å²) < 4.78 is 12.8. The predicted octanol–water partition coefficient (Wildman–Crippen LogP) is 1.87. The molecule has 0 radical (unpaired) electrons. The molecule has 1 aromatic rings. The number of carbonyl (C=O) groups excluding carboxylic acids is 1. The third-order valence-electron chi connectivity index (χ3n) is 3.69. The molecular formula is C15H21FN2O. The molecule has 2 N–H and O–H groups in total. The fourth-order valence-electron chi connectivity index (χ4n) is 2.42. The first-order valence-corrected chi connectivity index (χ1v) is 6.89. The molecule has 3 nitrogen and oxygen atoms in total. The lowest BCUT2D eigenvalue weighted by Crippen LogP contribution is -2.48. The summed E-state index contributed by atoms with van der Waals surface area (Å²) in [5.74, 6) is 0.323. The summed E-state index contributed by atoms with van der Waals surface area (Å²) in [5, 5.41) is 6.41. The van der Waals surface area contributed by atoms with Crippen molar-refractivity contribution in [3.05, 3.63) is 35.6 Å². The topological polar surface area (TPSA) is 41.1 Å². The lowest BCUT2D eigenvalue weighted by molar-refractivity contribution is -0.122. The van der Waals surface area contributed by atoms with Gasteiger partial charge in [-0.25, -0.2) is 4.39 Å². The third-order valence-corrected chi connectivity index (χ3v) is 3.69. The molecule has 1 saturated heterocycles. The smallest absolute Gasteiger partial charge is 0.220 e. The van der Waals surface area contributed by atoms with Crippen LogP contribution >= 0.6 is 0 Å². The van der Waals surface area contributed by atoms with Gasteiger partial charge < -0.3 is 10.6 Å². The molecule has 19 heavy (non-hydrogen) atoms. The highest BCUT2D eigenvalue weighted by Gasteiger charge is 2.22. The summed E-state index contributed by atoms with van der Waals surface area (Å²) >= 11 is 0. The van der Waals surface area contributed by atoms with Crippen molar-refractivity contribution in [2.24, 2.45) is 5.92 Å². The SMILES string of the molecule is CC1CNCCC1NC(=O)CCc1ccc(F)cc1. The standard InChI is InChI=1S/C15H21FN2O/c1-11-10-17-9-8-14(11)18-15(19)7-4-12-2-5-13(16)6-3-12/h2-3,5-6,11,14,17H,4,7-10H2,1H3,(H,18,19). The van der Waals surface area contributed by atoms with Crippen molar-refractivity contribution >= 4 is 5.91 Å². The zero-order chi connectivity index (χ0) is 13.7. The Labute approximate surface area is 113 Å². The molecule has 1 heterocycles. The van der Waals surface area contributed by atoms with Crippen molar-refractivity contribution in [2.45, 2.75) is 32.2 Å². The number of piperidine rings is 1. The van der Waals surface area contributed by atoms with Gasteiger partial charge in [-0.1, -0.05) is 19.1 Å². The van der Waals surface area contributed by atoms with Gasteiger partial charge in [-0.05, 0) is 49.5 Å². The Kier molecular flexibility index (Phi) is 4.91. The van der Waals surface area contributed by atoms with E-state index in [0.717, 1.165) is 25.1 Å². The van der Waals surface area contributed by atoms with Crippen LogP contribution in [0.4, 0.5) is 4.39 Å². The van der Waals surface area contributed by atoms with Crippen LogP contribution in [0.1, 0.15) is 25.3 Å². The number of carbonyl (C=O) groups is 1. The van der Waals surface area contributed by atoms with E-state index < -0.39 is 0 Å². The molecule has 1 aromatic carbocycles. The summed E-state index contributed by atoms with van der Waals surface area (Å²) in [7, 11) is 0. The summed E-state index contributed by atoms with van der Waals surface area (Å²) in [6.45, 7) is 4.08. The largest absolute Gasteiger partial charge is 0.353 e. The minimum atomic E-state index is -0.239. The maximum atomic E-state index is 12.8. The molecule has 0 aromatic heterocycles. The van der Waals surface area contributed by atoms with Crippen molar-refractivity contribution in [2.75, 3.05) is 13.1 Å². The van der Waals surface area contributed by atoms with E-state index in [1.165, 1.54) is 12.1 Å². The van der Waals surface area contributed by atoms with Crippen molar-refractivity contribution in [3.63, 3.8) is 0 Å². The molecule has 2 rings (SSSR count). The van der Waals surface area contributed by atoms with Crippen LogP contribution in [0.25, 0.3) is 0 Å². The average Bonchev–Trinajstić information content (AvgIpc) is 2.41. The Morgan fingerprint density at radius 2 is 2.16 bits per heavy atom. The highest BCUT2D eigenvalue weighted by Crippen LogP contribution is 2.11. The van der Waals surface area contributed by atoms with Gasteiger partial charge in [0.25, 0.3) is 0 Å². The number of aryl methyl sites for hydroxylation is 1. The molecule has 1 fully saturated rings. The minimum absolute atomic E-state index is 0.0862. The molecule has 0 bridgehead atoms. The molecule has 4 heteroatoms. The van der Waals surface area contributed by atoms with Crippen molar-refractivity contribution in [1.29, 1.82) is 0 Å². The van der Waals surface area contributed by atoms with E-state index >= 15 is 0 Å². The van der Waals surface area contributed by atoms with Gasteiger partial charge in [-0.3, -0.25) is 4.79 Å². The quantitative estimate of drug-likeness (QED) is 0.871. The first kappa shape index (κ1) is 14.0. The highest BCUT2D eigenvalue weighted by molar-refractivity contribution is 5.76. The van der Waals surface area contributed by atoms with Crippen molar-refractivity contribution in [3.8, 4) is 0 Å². The average molecular weight is 264 g/mol. The van der Waals surface area contributed by atoms with E-state index in [4.69, 9.17) is 0 Å². The second-order valence-corrected chi connectivity index (χ2v) is 5.27. The third kappa shape index (κ3) is 4.31.